The van der Waals surface area contributed by atoms with Crippen LogP contribution in [0, 0.1) is 46.3 Å². The molecule has 0 radical (unpaired) electrons. The summed E-state index contributed by atoms with van der Waals surface area (Å²) < 4.78 is 0. The molecule has 0 N–H and O–H groups in total. The molecule has 38 heavy (non-hydrogen) atoms. The van der Waals surface area contributed by atoms with E-state index in [0.29, 0.717) is 13.1 Å². The number of fused-ring (bicyclic) bond motifs is 10. The molecule has 8 unspecified atom stereocenters. The Kier molecular flexibility index (Phi) is 6.35. The van der Waals surface area contributed by atoms with E-state index in [-0.39, 0.29) is 70.0 Å². The second-order valence-corrected chi connectivity index (χ2v) is 12.7. The normalized spacial score (nSPS) is 39.7. The van der Waals surface area contributed by atoms with Crippen LogP contribution in [-0.2, 0) is 19.2 Å². The minimum Gasteiger partial charge on any atom is -0.282 e. The largest absolute Gasteiger partial charge is 0.282 e. The molecule has 6 rings (SSSR count). The molecule has 4 aliphatic carbocycles. The molecule has 0 aromatic rings. The predicted molar refractivity (Wildman–Crippen MR) is 144 cm³/mol. The van der Waals surface area contributed by atoms with Gasteiger partial charge < -0.3 is 0 Å². The molecule has 6 aliphatic rings. The number of unbranched alkanes of at least 4 members (excludes halogenated alkanes) is 3. The Morgan fingerprint density at radius 2 is 1.11 bits per heavy atom. The zero-order valence-electron chi connectivity index (χ0n) is 22.4. The van der Waals surface area contributed by atoms with Crippen LogP contribution in [0.15, 0.2) is 49.6 Å². The van der Waals surface area contributed by atoms with E-state index >= 15 is 0 Å². The van der Waals surface area contributed by atoms with Crippen LogP contribution in [0.3, 0.4) is 0 Å². The van der Waals surface area contributed by atoms with Crippen molar-refractivity contribution in [3.8, 4) is 0 Å². The van der Waals surface area contributed by atoms with Crippen LogP contribution in [0.2, 0.25) is 0 Å². The van der Waals surface area contributed by atoms with Gasteiger partial charge in [0.1, 0.15) is 0 Å². The smallest absolute Gasteiger partial charge is 0.233 e. The van der Waals surface area contributed by atoms with E-state index < -0.39 is 0 Å². The second-order valence-electron chi connectivity index (χ2n) is 12.7. The van der Waals surface area contributed by atoms with E-state index in [1.165, 1.54) is 9.80 Å². The van der Waals surface area contributed by atoms with E-state index in [2.05, 4.69) is 37.5 Å². The fraction of sp³-hybridized carbons (Fsp3) is 0.625. The van der Waals surface area contributed by atoms with Crippen molar-refractivity contribution in [2.45, 2.75) is 64.2 Å². The number of rotatable bonds is 13. The van der Waals surface area contributed by atoms with Crippen molar-refractivity contribution in [3.63, 3.8) is 0 Å². The van der Waals surface area contributed by atoms with Crippen molar-refractivity contribution in [1.29, 1.82) is 0 Å². The van der Waals surface area contributed by atoms with Gasteiger partial charge in [-0.05, 0) is 63.2 Å². The van der Waals surface area contributed by atoms with Crippen molar-refractivity contribution >= 4 is 23.6 Å². The van der Waals surface area contributed by atoms with Crippen molar-refractivity contribution in [2.24, 2.45) is 46.3 Å². The van der Waals surface area contributed by atoms with Crippen molar-refractivity contribution < 1.29 is 19.2 Å². The van der Waals surface area contributed by atoms with Gasteiger partial charge in [-0.25, -0.2) is 0 Å². The van der Waals surface area contributed by atoms with Gasteiger partial charge in [-0.1, -0.05) is 49.3 Å². The summed E-state index contributed by atoms with van der Waals surface area (Å²) >= 11 is 0. The van der Waals surface area contributed by atoms with Gasteiger partial charge >= 0.3 is 0 Å². The molecule has 4 bridgehead atoms. The van der Waals surface area contributed by atoms with Crippen molar-refractivity contribution in [2.75, 3.05) is 13.1 Å². The molecule has 2 saturated heterocycles. The Labute approximate surface area is 225 Å². The third-order valence-electron chi connectivity index (χ3n) is 10.8. The number of carbonyl (C=O) groups is 4. The Morgan fingerprint density at radius 1 is 0.684 bits per heavy atom. The summed E-state index contributed by atoms with van der Waals surface area (Å²) in [6.07, 6.45) is 21.1. The topological polar surface area (TPSA) is 74.8 Å². The first-order valence-corrected chi connectivity index (χ1v) is 14.7. The highest BCUT2D eigenvalue weighted by atomic mass is 16.2. The van der Waals surface area contributed by atoms with E-state index in [1.54, 1.807) is 0 Å². The SMILES string of the molecule is C=CCCC12C=CC(C1)C1C(=O)N(CCCCCCN3C(=O)C4C5C=CC(CCC=C)(C5)C4C3=O)C(=O)C12. The minimum atomic E-state index is -0.198. The highest BCUT2D eigenvalue weighted by Crippen LogP contribution is 2.63. The summed E-state index contributed by atoms with van der Waals surface area (Å²) in [6.45, 7) is 8.62. The predicted octanol–water partition coefficient (Wildman–Crippen LogP) is 4.83. The van der Waals surface area contributed by atoms with Crippen LogP contribution in [0.5, 0.6) is 0 Å². The molecule has 2 saturated carbocycles. The summed E-state index contributed by atoms with van der Waals surface area (Å²) in [5.74, 6) is -0.287. The van der Waals surface area contributed by atoms with Gasteiger partial charge in [0.2, 0.25) is 23.6 Å². The summed E-state index contributed by atoms with van der Waals surface area (Å²) in [6, 6.07) is 0. The zero-order chi connectivity index (χ0) is 26.7. The number of hydrogen-bond donors (Lipinski definition) is 0. The minimum absolute atomic E-state index is 0.0169. The summed E-state index contributed by atoms with van der Waals surface area (Å²) in [4.78, 5) is 56.0. The maximum absolute atomic E-state index is 13.3. The Bertz CT molecular complexity index is 1050. The maximum Gasteiger partial charge on any atom is 0.233 e. The molecule has 6 nitrogen and oxygen atoms in total. The monoisotopic (exact) mass is 516 g/mol. The fourth-order valence-electron chi connectivity index (χ4n) is 9.07. The van der Waals surface area contributed by atoms with E-state index in [0.717, 1.165) is 64.2 Å². The third-order valence-corrected chi connectivity index (χ3v) is 10.8. The molecule has 6 heteroatoms. The van der Waals surface area contributed by atoms with Crippen LogP contribution in [0.1, 0.15) is 64.2 Å². The zero-order valence-corrected chi connectivity index (χ0v) is 22.4. The molecule has 0 aromatic carbocycles. The fourth-order valence-corrected chi connectivity index (χ4v) is 9.07. The quantitative estimate of drug-likeness (QED) is 0.200. The standard InChI is InChI=1S/C32H40N2O4/c1-3-5-13-31-15-11-21(19-31)23-25(31)29(37)33(27(23)35)17-9-7-8-10-18-34-28(36)24-22-12-16-32(20-22,14-6-4-2)26(24)30(34)38/h3-4,11-12,15-16,21-26H,1-2,5-10,13-14,17-20H2. The molecular weight excluding hydrogens is 476 g/mol. The van der Waals surface area contributed by atoms with Crippen LogP contribution in [0.4, 0.5) is 0 Å². The summed E-state index contributed by atoms with van der Waals surface area (Å²) in [7, 11) is 0. The second kappa shape index (κ2) is 9.46. The van der Waals surface area contributed by atoms with Crippen molar-refractivity contribution in [3.05, 3.63) is 49.6 Å². The number of hydrogen-bond acceptors (Lipinski definition) is 4. The molecule has 2 aliphatic heterocycles. The van der Waals surface area contributed by atoms with E-state index in [1.807, 2.05) is 12.2 Å². The van der Waals surface area contributed by atoms with E-state index in [4.69, 9.17) is 0 Å². The molecule has 0 spiro atoms. The lowest BCUT2D eigenvalue weighted by Crippen LogP contribution is -2.36. The van der Waals surface area contributed by atoms with Gasteiger partial charge in [0.15, 0.2) is 0 Å². The lowest BCUT2D eigenvalue weighted by molar-refractivity contribution is -0.143. The molecule has 4 amide bonds. The molecule has 0 aromatic heterocycles. The third kappa shape index (κ3) is 3.58. The average Bonchev–Trinajstić information content (AvgIpc) is 3.74. The van der Waals surface area contributed by atoms with Gasteiger partial charge in [-0.2, -0.15) is 0 Å². The lowest BCUT2D eigenvalue weighted by atomic mass is 9.72. The summed E-state index contributed by atoms with van der Waals surface area (Å²) in [5, 5.41) is 0. The van der Waals surface area contributed by atoms with Crippen LogP contribution < -0.4 is 0 Å². The molecular formula is C32H40N2O4. The lowest BCUT2D eigenvalue weighted by Gasteiger charge is -2.30. The number of allylic oxidation sites excluding steroid dienone is 6. The van der Waals surface area contributed by atoms with Gasteiger partial charge in [0.25, 0.3) is 0 Å². The first kappa shape index (κ1) is 25.5. The maximum atomic E-state index is 13.3. The van der Waals surface area contributed by atoms with E-state index in [9.17, 15) is 19.2 Å². The van der Waals surface area contributed by atoms with Crippen molar-refractivity contribution in [1.82, 2.24) is 9.80 Å². The van der Waals surface area contributed by atoms with Crippen LogP contribution in [-0.4, -0.2) is 46.5 Å². The first-order valence-electron chi connectivity index (χ1n) is 14.7. The number of carbonyl (C=O) groups excluding carboxylic acids is 4. The van der Waals surface area contributed by atoms with Gasteiger partial charge in [0.05, 0.1) is 23.7 Å². The molecule has 202 valence electrons. The number of imide groups is 2. The Morgan fingerprint density at radius 3 is 1.50 bits per heavy atom. The molecule has 8 atom stereocenters. The number of amides is 4. The number of nitrogens with zero attached hydrogens (tertiary/aromatic N) is 2. The van der Waals surface area contributed by atoms with Gasteiger partial charge in [0, 0.05) is 23.9 Å². The Hall–Kier alpha value is -2.76. The number of likely N-dealkylation sites (tertiary alicyclic amines) is 2. The van der Waals surface area contributed by atoms with Gasteiger partial charge in [-0.15, -0.1) is 13.2 Å². The Balaban J connectivity index is 0.979. The van der Waals surface area contributed by atoms with Gasteiger partial charge in [-0.3, -0.25) is 29.0 Å². The summed E-state index contributed by atoms with van der Waals surface area (Å²) in [5.41, 5.74) is -0.339. The van der Waals surface area contributed by atoms with Crippen LogP contribution in [0.25, 0.3) is 0 Å². The first-order chi connectivity index (χ1) is 18.4. The van der Waals surface area contributed by atoms with Crippen LogP contribution >= 0.6 is 0 Å². The molecule has 2 heterocycles. The average molecular weight is 517 g/mol. The highest BCUT2D eigenvalue weighted by Gasteiger charge is 2.66. The highest BCUT2D eigenvalue weighted by molar-refractivity contribution is 6.07. The molecule has 4 fully saturated rings.